The summed E-state index contributed by atoms with van der Waals surface area (Å²) in [7, 11) is 0. The molecule has 4 nitrogen and oxygen atoms in total. The lowest BCUT2D eigenvalue weighted by Crippen LogP contribution is -2.39. The Kier molecular flexibility index (Phi) is 5.17. The van der Waals surface area contributed by atoms with Crippen molar-refractivity contribution in [1.82, 2.24) is 9.88 Å². The molecule has 2 rings (SSSR count). The van der Waals surface area contributed by atoms with E-state index in [1.807, 2.05) is 32.0 Å². The molecule has 0 aliphatic rings. The number of hydrogen-bond acceptors (Lipinski definition) is 2. The highest BCUT2D eigenvalue weighted by atomic mass is 35.5. The summed E-state index contributed by atoms with van der Waals surface area (Å²) < 4.78 is 0. The number of nitrogens with zero attached hydrogens (tertiary/aromatic N) is 2. The molecular weight excluding hydrogens is 286 g/mol. The Balaban J connectivity index is 2.09. The molecule has 1 aromatic carbocycles. The number of halogens is 1. The van der Waals surface area contributed by atoms with Crippen LogP contribution in [0.15, 0.2) is 48.8 Å². The average molecular weight is 304 g/mol. The van der Waals surface area contributed by atoms with Gasteiger partial charge in [-0.3, -0.25) is 4.98 Å². The van der Waals surface area contributed by atoms with Crippen LogP contribution in [0.5, 0.6) is 0 Å². The van der Waals surface area contributed by atoms with Crippen LogP contribution in [0.2, 0.25) is 5.02 Å². The van der Waals surface area contributed by atoms with Crippen molar-refractivity contribution >= 4 is 23.3 Å². The first-order valence-electron chi connectivity index (χ1n) is 6.78. The summed E-state index contributed by atoms with van der Waals surface area (Å²) in [5.74, 6) is 0. The van der Waals surface area contributed by atoms with Crippen molar-refractivity contribution in [3.8, 4) is 0 Å². The van der Waals surface area contributed by atoms with Crippen molar-refractivity contribution in [1.29, 1.82) is 0 Å². The lowest BCUT2D eigenvalue weighted by atomic mass is 10.2. The second-order valence-corrected chi connectivity index (χ2v) is 5.46. The van der Waals surface area contributed by atoms with Crippen LogP contribution in [0.1, 0.15) is 19.4 Å². The number of rotatable bonds is 4. The number of carbonyl (C=O) groups excluding carboxylic acids is 1. The monoisotopic (exact) mass is 303 g/mol. The highest BCUT2D eigenvalue weighted by Gasteiger charge is 2.17. The molecule has 0 unspecified atom stereocenters. The largest absolute Gasteiger partial charge is 0.322 e. The number of hydrogen-bond donors (Lipinski definition) is 1. The van der Waals surface area contributed by atoms with Gasteiger partial charge in [-0.2, -0.15) is 0 Å². The summed E-state index contributed by atoms with van der Waals surface area (Å²) in [5.41, 5.74) is 1.68. The summed E-state index contributed by atoms with van der Waals surface area (Å²) in [6, 6.07) is 10.8. The van der Waals surface area contributed by atoms with Gasteiger partial charge in [0, 0.05) is 35.7 Å². The van der Waals surface area contributed by atoms with Crippen LogP contribution in [0.4, 0.5) is 10.5 Å². The van der Waals surface area contributed by atoms with Gasteiger partial charge in [-0.05, 0) is 43.7 Å². The van der Waals surface area contributed by atoms with E-state index in [1.165, 1.54) is 0 Å². The van der Waals surface area contributed by atoms with Crippen LogP contribution in [0.3, 0.4) is 0 Å². The van der Waals surface area contributed by atoms with Crippen LogP contribution in [-0.2, 0) is 6.54 Å². The second kappa shape index (κ2) is 7.09. The first-order valence-corrected chi connectivity index (χ1v) is 7.16. The maximum atomic E-state index is 12.4. The third-order valence-electron chi connectivity index (χ3n) is 3.04. The maximum Gasteiger partial charge on any atom is 0.322 e. The Morgan fingerprint density at radius 3 is 2.76 bits per heavy atom. The van der Waals surface area contributed by atoms with E-state index in [4.69, 9.17) is 11.6 Å². The van der Waals surface area contributed by atoms with Gasteiger partial charge in [-0.15, -0.1) is 0 Å². The van der Waals surface area contributed by atoms with Crippen molar-refractivity contribution in [2.45, 2.75) is 26.4 Å². The van der Waals surface area contributed by atoms with Crippen LogP contribution in [-0.4, -0.2) is 22.0 Å². The Hall–Kier alpha value is -2.07. The van der Waals surface area contributed by atoms with E-state index in [9.17, 15) is 4.79 Å². The van der Waals surface area contributed by atoms with Crippen LogP contribution >= 0.6 is 11.6 Å². The molecular formula is C16H18ClN3O. The quantitative estimate of drug-likeness (QED) is 0.921. The molecule has 110 valence electrons. The minimum atomic E-state index is -0.156. The molecule has 1 aromatic heterocycles. The van der Waals surface area contributed by atoms with Crippen molar-refractivity contribution in [3.63, 3.8) is 0 Å². The van der Waals surface area contributed by atoms with E-state index in [-0.39, 0.29) is 12.1 Å². The average Bonchev–Trinajstić information content (AvgIpc) is 2.45. The molecule has 0 saturated carbocycles. The van der Waals surface area contributed by atoms with E-state index in [1.54, 1.807) is 35.5 Å². The number of urea groups is 1. The van der Waals surface area contributed by atoms with E-state index in [2.05, 4.69) is 10.3 Å². The minimum Gasteiger partial charge on any atom is -0.318 e. The lowest BCUT2D eigenvalue weighted by Gasteiger charge is -2.27. The van der Waals surface area contributed by atoms with Gasteiger partial charge < -0.3 is 10.2 Å². The Morgan fingerprint density at radius 1 is 1.33 bits per heavy atom. The molecule has 0 radical (unpaired) electrons. The van der Waals surface area contributed by atoms with E-state index in [0.29, 0.717) is 17.3 Å². The van der Waals surface area contributed by atoms with E-state index >= 15 is 0 Å². The van der Waals surface area contributed by atoms with E-state index < -0.39 is 0 Å². The predicted octanol–water partition coefficient (Wildman–Crippen LogP) is 4.18. The van der Waals surface area contributed by atoms with Crippen molar-refractivity contribution in [2.24, 2.45) is 0 Å². The summed E-state index contributed by atoms with van der Waals surface area (Å²) in [4.78, 5) is 18.2. The summed E-state index contributed by atoms with van der Waals surface area (Å²) in [6.07, 6.45) is 3.48. The van der Waals surface area contributed by atoms with E-state index in [0.717, 1.165) is 5.56 Å². The maximum absolute atomic E-state index is 12.4. The van der Waals surface area contributed by atoms with Crippen LogP contribution in [0.25, 0.3) is 0 Å². The zero-order valence-corrected chi connectivity index (χ0v) is 12.8. The molecule has 0 aliphatic heterocycles. The van der Waals surface area contributed by atoms with Gasteiger partial charge in [0.25, 0.3) is 0 Å². The SMILES string of the molecule is CC(C)N(Cc1cccnc1)C(=O)Nc1cccc(Cl)c1. The molecule has 21 heavy (non-hydrogen) atoms. The zero-order chi connectivity index (χ0) is 15.2. The predicted molar refractivity (Wildman–Crippen MR) is 85.4 cm³/mol. The first kappa shape index (κ1) is 15.3. The smallest absolute Gasteiger partial charge is 0.318 e. The molecule has 5 heteroatoms. The fourth-order valence-electron chi connectivity index (χ4n) is 1.94. The van der Waals surface area contributed by atoms with Crippen LogP contribution in [0, 0.1) is 0 Å². The third kappa shape index (κ3) is 4.46. The Labute approximate surface area is 129 Å². The third-order valence-corrected chi connectivity index (χ3v) is 3.27. The van der Waals surface area contributed by atoms with Gasteiger partial charge in [0.15, 0.2) is 0 Å². The molecule has 2 amide bonds. The van der Waals surface area contributed by atoms with Gasteiger partial charge in [0.1, 0.15) is 0 Å². The molecule has 0 fully saturated rings. The fourth-order valence-corrected chi connectivity index (χ4v) is 2.13. The van der Waals surface area contributed by atoms with Gasteiger partial charge in [0.05, 0.1) is 0 Å². The van der Waals surface area contributed by atoms with Gasteiger partial charge in [-0.25, -0.2) is 4.79 Å². The standard InChI is InChI=1S/C16H18ClN3O/c1-12(2)20(11-13-5-4-8-18-10-13)16(21)19-15-7-3-6-14(17)9-15/h3-10,12H,11H2,1-2H3,(H,19,21). The van der Waals surface area contributed by atoms with Gasteiger partial charge in [0.2, 0.25) is 0 Å². The number of anilines is 1. The normalized spacial score (nSPS) is 10.5. The highest BCUT2D eigenvalue weighted by Crippen LogP contribution is 2.16. The van der Waals surface area contributed by atoms with Gasteiger partial charge in [-0.1, -0.05) is 23.7 Å². The first-order chi connectivity index (χ1) is 10.1. The topological polar surface area (TPSA) is 45.2 Å². The highest BCUT2D eigenvalue weighted by molar-refractivity contribution is 6.30. The number of pyridine rings is 1. The lowest BCUT2D eigenvalue weighted by molar-refractivity contribution is 0.193. The number of aromatic nitrogens is 1. The van der Waals surface area contributed by atoms with Gasteiger partial charge >= 0.3 is 6.03 Å². The molecule has 0 bridgehead atoms. The second-order valence-electron chi connectivity index (χ2n) is 5.02. The molecule has 0 spiro atoms. The molecule has 0 aliphatic carbocycles. The summed E-state index contributed by atoms with van der Waals surface area (Å²) in [5, 5.41) is 3.46. The molecule has 1 N–H and O–H groups in total. The minimum absolute atomic E-state index is 0.0735. The molecule has 2 aromatic rings. The summed E-state index contributed by atoms with van der Waals surface area (Å²) >= 11 is 5.93. The Bertz CT molecular complexity index is 601. The number of carbonyl (C=O) groups is 1. The molecule has 0 atom stereocenters. The number of amides is 2. The zero-order valence-electron chi connectivity index (χ0n) is 12.1. The molecule has 0 saturated heterocycles. The fraction of sp³-hybridized carbons (Fsp3) is 0.250. The van der Waals surface area contributed by atoms with Crippen LogP contribution < -0.4 is 5.32 Å². The number of nitrogens with one attached hydrogen (secondary N) is 1. The van der Waals surface area contributed by atoms with Crippen molar-refractivity contribution in [3.05, 3.63) is 59.4 Å². The Morgan fingerprint density at radius 2 is 2.14 bits per heavy atom. The van der Waals surface area contributed by atoms with Crippen molar-refractivity contribution < 1.29 is 4.79 Å². The van der Waals surface area contributed by atoms with Crippen molar-refractivity contribution in [2.75, 3.05) is 5.32 Å². The summed E-state index contributed by atoms with van der Waals surface area (Å²) in [6.45, 7) is 4.47. The number of benzene rings is 1. The molecule has 1 heterocycles.